The summed E-state index contributed by atoms with van der Waals surface area (Å²) in [7, 11) is 1.48. The maximum Gasteiger partial charge on any atom is 0.417 e. The van der Waals surface area contributed by atoms with Crippen LogP contribution in [0.3, 0.4) is 0 Å². The lowest BCUT2D eigenvalue weighted by atomic mass is 10.2. The zero-order valence-electron chi connectivity index (χ0n) is 16.1. The number of benzene rings is 1. The molecule has 10 heteroatoms. The van der Waals surface area contributed by atoms with E-state index < -0.39 is 11.7 Å². The van der Waals surface area contributed by atoms with E-state index in [2.05, 4.69) is 15.6 Å². The number of aromatic nitrogens is 1. The number of halogens is 4. The van der Waals surface area contributed by atoms with Crippen molar-refractivity contribution >= 4 is 23.3 Å². The van der Waals surface area contributed by atoms with Crippen molar-refractivity contribution in [1.82, 2.24) is 10.3 Å². The summed E-state index contributed by atoms with van der Waals surface area (Å²) < 4.78 is 48.7. The zero-order chi connectivity index (χ0) is 21.6. The summed E-state index contributed by atoms with van der Waals surface area (Å²) >= 11 is 5.82. The summed E-state index contributed by atoms with van der Waals surface area (Å²) in [5.41, 5.74) is -0.552. The smallest absolute Gasteiger partial charge is 0.417 e. The lowest BCUT2D eigenvalue weighted by molar-refractivity contribution is -0.137. The van der Waals surface area contributed by atoms with Crippen LogP contribution < -0.4 is 20.1 Å². The number of hydrogen-bond acceptors (Lipinski definition) is 5. The molecule has 0 saturated carbocycles. The van der Waals surface area contributed by atoms with Crippen LogP contribution in [0.1, 0.15) is 29.8 Å². The highest BCUT2D eigenvalue weighted by atomic mass is 35.5. The third-order valence-electron chi connectivity index (χ3n) is 3.66. The lowest BCUT2D eigenvalue weighted by Crippen LogP contribution is -2.29. The minimum absolute atomic E-state index is 0.0414. The molecule has 0 fully saturated rings. The molecule has 0 aliphatic rings. The van der Waals surface area contributed by atoms with E-state index in [9.17, 15) is 18.0 Å². The predicted molar refractivity (Wildman–Crippen MR) is 104 cm³/mol. The summed E-state index contributed by atoms with van der Waals surface area (Å²) in [6, 6.07) is 5.62. The molecule has 0 spiro atoms. The average molecular weight is 432 g/mol. The zero-order valence-corrected chi connectivity index (χ0v) is 16.8. The molecule has 0 radical (unpaired) electrons. The highest BCUT2D eigenvalue weighted by Crippen LogP contribution is 2.32. The first kappa shape index (κ1) is 22.6. The molecule has 0 saturated heterocycles. The minimum Gasteiger partial charge on any atom is -0.493 e. The van der Waals surface area contributed by atoms with Crippen molar-refractivity contribution < 1.29 is 27.4 Å². The molecule has 6 nitrogen and oxygen atoms in total. The molecule has 1 amide bonds. The molecular formula is C19H21ClF3N3O3. The lowest BCUT2D eigenvalue weighted by Gasteiger charge is -2.14. The Hall–Kier alpha value is -2.68. The average Bonchev–Trinajstić information content (AvgIpc) is 2.65. The number of carbonyl (C=O) groups excluding carboxylic acids is 1. The Morgan fingerprint density at radius 1 is 1.21 bits per heavy atom. The monoisotopic (exact) mass is 431 g/mol. The number of hydrogen-bond donors (Lipinski definition) is 2. The topological polar surface area (TPSA) is 72.5 Å². The number of nitrogens with one attached hydrogen (secondary N) is 2. The van der Waals surface area contributed by atoms with Crippen LogP contribution in [-0.2, 0) is 6.18 Å². The third-order valence-corrected chi connectivity index (χ3v) is 3.95. The van der Waals surface area contributed by atoms with Crippen LogP contribution in [0.15, 0.2) is 30.5 Å². The molecule has 29 heavy (non-hydrogen) atoms. The largest absolute Gasteiger partial charge is 0.493 e. The normalized spacial score (nSPS) is 11.3. The number of amides is 1. The number of pyridine rings is 1. The Morgan fingerprint density at radius 2 is 1.93 bits per heavy atom. The van der Waals surface area contributed by atoms with E-state index in [0.29, 0.717) is 23.3 Å². The van der Waals surface area contributed by atoms with Crippen molar-refractivity contribution in [1.29, 1.82) is 0 Å². The van der Waals surface area contributed by atoms with Crippen LogP contribution in [0.4, 0.5) is 19.0 Å². The van der Waals surface area contributed by atoms with Crippen molar-refractivity contribution in [2.24, 2.45) is 0 Å². The highest BCUT2D eigenvalue weighted by molar-refractivity contribution is 6.32. The second-order valence-corrected chi connectivity index (χ2v) is 6.67. The maximum atomic E-state index is 12.6. The van der Waals surface area contributed by atoms with Crippen LogP contribution in [0.25, 0.3) is 0 Å². The number of methoxy groups -OCH3 is 1. The number of rotatable bonds is 8. The maximum absolute atomic E-state index is 12.6. The molecular weight excluding hydrogens is 411 g/mol. The van der Waals surface area contributed by atoms with Gasteiger partial charge >= 0.3 is 6.18 Å². The molecule has 2 aromatic rings. The molecule has 2 rings (SSSR count). The van der Waals surface area contributed by atoms with Gasteiger partial charge in [-0.3, -0.25) is 4.79 Å². The third kappa shape index (κ3) is 6.42. The second-order valence-electron chi connectivity index (χ2n) is 6.27. The number of alkyl halides is 3. The van der Waals surface area contributed by atoms with Crippen LogP contribution in [0.5, 0.6) is 11.5 Å². The Labute approximate surface area is 171 Å². The first-order chi connectivity index (χ1) is 13.6. The SMILES string of the molecule is COc1cc(C(=O)NCCNc2ncc(C(F)(F)F)cc2Cl)ccc1OC(C)C. The summed E-state index contributed by atoms with van der Waals surface area (Å²) in [5.74, 6) is 0.729. The standard InChI is InChI=1S/C19H21ClF3N3O3/c1-11(2)29-15-5-4-12(8-16(15)28-3)18(27)25-7-6-24-17-14(20)9-13(10-26-17)19(21,22)23/h4-5,8-11H,6-7H2,1-3H3,(H,24,26)(H,25,27). The fraction of sp³-hybridized carbons (Fsp3) is 0.368. The van der Waals surface area contributed by atoms with Gasteiger partial charge in [0.1, 0.15) is 5.82 Å². The van der Waals surface area contributed by atoms with E-state index in [-0.39, 0.29) is 35.9 Å². The first-order valence-electron chi connectivity index (χ1n) is 8.71. The van der Waals surface area contributed by atoms with Crippen molar-refractivity contribution in [3.63, 3.8) is 0 Å². The quantitative estimate of drug-likeness (QED) is 0.606. The van der Waals surface area contributed by atoms with Gasteiger partial charge in [0.25, 0.3) is 5.91 Å². The van der Waals surface area contributed by atoms with Crippen LogP contribution in [-0.4, -0.2) is 37.2 Å². The summed E-state index contributed by atoms with van der Waals surface area (Å²) in [4.78, 5) is 15.9. The van der Waals surface area contributed by atoms with Gasteiger partial charge in [-0.05, 0) is 38.1 Å². The molecule has 0 unspecified atom stereocenters. The number of ether oxygens (including phenoxy) is 2. The van der Waals surface area contributed by atoms with Crippen LogP contribution in [0, 0.1) is 0 Å². The van der Waals surface area contributed by atoms with E-state index in [4.69, 9.17) is 21.1 Å². The molecule has 0 bridgehead atoms. The molecule has 2 N–H and O–H groups in total. The molecule has 1 aromatic carbocycles. The molecule has 0 aliphatic carbocycles. The Morgan fingerprint density at radius 3 is 2.52 bits per heavy atom. The summed E-state index contributed by atoms with van der Waals surface area (Å²) in [6.07, 6.45) is -3.86. The van der Waals surface area contributed by atoms with Gasteiger partial charge in [0, 0.05) is 24.8 Å². The fourth-order valence-corrected chi connectivity index (χ4v) is 2.58. The minimum atomic E-state index is -4.51. The van der Waals surface area contributed by atoms with Gasteiger partial charge in [-0.2, -0.15) is 13.2 Å². The van der Waals surface area contributed by atoms with Crippen molar-refractivity contribution in [2.45, 2.75) is 26.1 Å². The van der Waals surface area contributed by atoms with Crippen molar-refractivity contribution in [3.8, 4) is 11.5 Å². The highest BCUT2D eigenvalue weighted by Gasteiger charge is 2.31. The Kier molecular flexibility index (Phi) is 7.55. The van der Waals surface area contributed by atoms with Crippen molar-refractivity contribution in [3.05, 3.63) is 46.6 Å². The summed E-state index contributed by atoms with van der Waals surface area (Å²) in [5, 5.41) is 5.31. The molecule has 1 aromatic heterocycles. The van der Waals surface area contributed by atoms with Gasteiger partial charge in [-0.15, -0.1) is 0 Å². The van der Waals surface area contributed by atoms with Gasteiger partial charge in [0.05, 0.1) is 23.8 Å². The van der Waals surface area contributed by atoms with Crippen LogP contribution >= 0.6 is 11.6 Å². The van der Waals surface area contributed by atoms with Gasteiger partial charge in [-0.25, -0.2) is 4.98 Å². The van der Waals surface area contributed by atoms with Gasteiger partial charge in [0.2, 0.25) is 0 Å². The molecule has 158 valence electrons. The van der Waals surface area contributed by atoms with E-state index in [1.54, 1.807) is 18.2 Å². The van der Waals surface area contributed by atoms with Crippen LogP contribution in [0.2, 0.25) is 5.02 Å². The van der Waals surface area contributed by atoms with Gasteiger partial charge < -0.3 is 20.1 Å². The number of anilines is 1. The van der Waals surface area contributed by atoms with E-state index in [0.717, 1.165) is 6.07 Å². The Bertz CT molecular complexity index is 860. The molecule has 0 atom stereocenters. The first-order valence-corrected chi connectivity index (χ1v) is 9.09. The van der Waals surface area contributed by atoms with Gasteiger partial charge in [-0.1, -0.05) is 11.6 Å². The second kappa shape index (κ2) is 9.69. The molecule has 0 aliphatic heterocycles. The predicted octanol–water partition coefficient (Wildman–Crippen LogP) is 4.39. The molecule has 1 heterocycles. The van der Waals surface area contributed by atoms with E-state index >= 15 is 0 Å². The van der Waals surface area contributed by atoms with E-state index in [1.807, 2.05) is 13.8 Å². The van der Waals surface area contributed by atoms with Crippen molar-refractivity contribution in [2.75, 3.05) is 25.5 Å². The van der Waals surface area contributed by atoms with E-state index in [1.165, 1.54) is 7.11 Å². The fourth-order valence-electron chi connectivity index (χ4n) is 2.34. The summed E-state index contributed by atoms with van der Waals surface area (Å²) in [6.45, 7) is 4.18. The number of carbonyl (C=O) groups is 1. The van der Waals surface area contributed by atoms with Gasteiger partial charge in [0.15, 0.2) is 11.5 Å². The number of nitrogens with zero attached hydrogens (tertiary/aromatic N) is 1. The Balaban J connectivity index is 1.90.